The third kappa shape index (κ3) is 3.05. The molecule has 0 aliphatic rings. The molecule has 0 fully saturated rings. The predicted molar refractivity (Wildman–Crippen MR) is 120 cm³/mol. The molecule has 31 heavy (non-hydrogen) atoms. The van der Waals surface area contributed by atoms with Gasteiger partial charge >= 0.3 is 0 Å². The predicted octanol–water partition coefficient (Wildman–Crippen LogP) is 2.86. The van der Waals surface area contributed by atoms with Crippen LogP contribution in [0.2, 0.25) is 0 Å². The molecule has 1 atom stereocenters. The lowest BCUT2D eigenvalue weighted by Crippen LogP contribution is -2.37. The Morgan fingerprint density at radius 3 is 2.74 bits per heavy atom. The van der Waals surface area contributed by atoms with Crippen molar-refractivity contribution in [2.24, 2.45) is 0 Å². The van der Waals surface area contributed by atoms with E-state index in [1.165, 1.54) is 0 Å². The first-order valence-electron chi connectivity index (χ1n) is 10.2. The van der Waals surface area contributed by atoms with Gasteiger partial charge < -0.3 is 15.2 Å². The van der Waals surface area contributed by atoms with E-state index in [0.29, 0.717) is 24.1 Å². The number of benzene rings is 2. The second kappa shape index (κ2) is 7.52. The summed E-state index contributed by atoms with van der Waals surface area (Å²) in [5.41, 5.74) is 2.26. The third-order valence-corrected chi connectivity index (χ3v) is 5.58. The molecule has 0 saturated carbocycles. The van der Waals surface area contributed by atoms with Gasteiger partial charge in [0.2, 0.25) is 0 Å². The second-order valence-electron chi connectivity index (χ2n) is 7.55. The summed E-state index contributed by atoms with van der Waals surface area (Å²) >= 11 is 0. The summed E-state index contributed by atoms with van der Waals surface area (Å²) in [5, 5.41) is 14.8. The van der Waals surface area contributed by atoms with E-state index in [2.05, 4.69) is 10.3 Å². The van der Waals surface area contributed by atoms with Gasteiger partial charge in [0.15, 0.2) is 6.10 Å². The molecule has 156 valence electrons. The molecule has 5 rings (SSSR count). The first-order chi connectivity index (χ1) is 15.1. The minimum atomic E-state index is -0.691. The van der Waals surface area contributed by atoms with Crippen molar-refractivity contribution in [2.75, 3.05) is 13.2 Å². The van der Waals surface area contributed by atoms with Gasteiger partial charge in [-0.3, -0.25) is 19.0 Å². The highest BCUT2D eigenvalue weighted by Gasteiger charge is 2.19. The number of rotatable bonds is 6. The molecule has 0 aliphatic carbocycles. The normalized spacial score (nSPS) is 12.7. The third-order valence-electron chi connectivity index (χ3n) is 5.58. The molecule has 3 aromatic heterocycles. The van der Waals surface area contributed by atoms with E-state index in [-0.39, 0.29) is 18.1 Å². The van der Waals surface area contributed by atoms with Crippen LogP contribution in [0, 0.1) is 0 Å². The molecule has 0 saturated heterocycles. The van der Waals surface area contributed by atoms with Crippen molar-refractivity contribution in [1.29, 1.82) is 0 Å². The van der Waals surface area contributed by atoms with Crippen LogP contribution in [0.5, 0.6) is 5.75 Å². The SMILES string of the molecule is C[C@@H](Oc1ccc2c(c1)c1ccnc3c4ccccc4c(=O)n2c13)C(=O)NCCCO. The number of aliphatic hydroxyl groups excluding tert-OH is 1. The Morgan fingerprint density at radius 1 is 1.13 bits per heavy atom. The summed E-state index contributed by atoms with van der Waals surface area (Å²) < 4.78 is 7.57. The highest BCUT2D eigenvalue weighted by molar-refractivity contribution is 6.18. The number of hydrogen-bond acceptors (Lipinski definition) is 5. The van der Waals surface area contributed by atoms with Gasteiger partial charge in [-0.2, -0.15) is 0 Å². The highest BCUT2D eigenvalue weighted by atomic mass is 16.5. The van der Waals surface area contributed by atoms with Gasteiger partial charge in [0.25, 0.3) is 11.5 Å². The van der Waals surface area contributed by atoms with Crippen molar-refractivity contribution in [1.82, 2.24) is 14.7 Å². The van der Waals surface area contributed by atoms with Crippen molar-refractivity contribution in [2.45, 2.75) is 19.4 Å². The highest BCUT2D eigenvalue weighted by Crippen LogP contribution is 2.34. The molecular formula is C24H21N3O4. The lowest BCUT2D eigenvalue weighted by atomic mass is 10.1. The Bertz CT molecular complexity index is 1490. The summed E-state index contributed by atoms with van der Waals surface area (Å²) in [6.07, 6.45) is 1.55. The molecular weight excluding hydrogens is 394 g/mol. The van der Waals surface area contributed by atoms with Gasteiger partial charge in [0.05, 0.1) is 16.6 Å². The standard InChI is InChI=1S/C24H21N3O4/c1-14(23(29)26-10-4-12-28)31-15-7-8-20-19(13-15)17-9-11-25-21-16-5-2-3-6-18(16)24(30)27(20)22(17)21/h2-3,5-9,11,13-14,28H,4,10,12H2,1H3,(H,26,29)/t14-/m1/s1. The van der Waals surface area contributed by atoms with Gasteiger partial charge in [-0.1, -0.05) is 18.2 Å². The molecule has 0 spiro atoms. The van der Waals surface area contributed by atoms with Gasteiger partial charge in [0, 0.05) is 40.9 Å². The van der Waals surface area contributed by atoms with Crippen LogP contribution in [-0.4, -0.2) is 39.7 Å². The quantitative estimate of drug-likeness (QED) is 0.329. The Morgan fingerprint density at radius 2 is 1.94 bits per heavy atom. The molecule has 0 aliphatic heterocycles. The van der Waals surface area contributed by atoms with E-state index in [1.807, 2.05) is 42.5 Å². The smallest absolute Gasteiger partial charge is 0.263 e. The molecule has 2 N–H and O–H groups in total. The zero-order valence-corrected chi connectivity index (χ0v) is 17.0. The first kappa shape index (κ1) is 19.3. The van der Waals surface area contributed by atoms with Crippen LogP contribution in [-0.2, 0) is 4.79 Å². The fourth-order valence-corrected chi connectivity index (χ4v) is 4.11. The minimum absolute atomic E-state index is 0.0235. The Balaban J connectivity index is 1.63. The Labute approximate surface area is 177 Å². The molecule has 0 bridgehead atoms. The fraction of sp³-hybridized carbons (Fsp3) is 0.208. The Kier molecular flexibility index (Phi) is 4.67. The topological polar surface area (TPSA) is 92.9 Å². The zero-order chi connectivity index (χ0) is 21.5. The van der Waals surface area contributed by atoms with Crippen LogP contribution in [0.3, 0.4) is 0 Å². The van der Waals surface area contributed by atoms with Crippen molar-refractivity contribution in [3.05, 3.63) is 65.1 Å². The molecule has 0 unspecified atom stereocenters. The maximum atomic E-state index is 13.3. The summed E-state index contributed by atoms with van der Waals surface area (Å²) in [7, 11) is 0. The molecule has 5 aromatic rings. The number of aliphatic hydroxyl groups is 1. The number of carbonyl (C=O) groups excluding carboxylic acids is 1. The van der Waals surface area contributed by atoms with Crippen LogP contribution < -0.4 is 15.6 Å². The van der Waals surface area contributed by atoms with E-state index in [0.717, 1.165) is 32.7 Å². The lowest BCUT2D eigenvalue weighted by molar-refractivity contribution is -0.127. The summed E-state index contributed by atoms with van der Waals surface area (Å²) in [6.45, 7) is 2.10. The minimum Gasteiger partial charge on any atom is -0.481 e. The van der Waals surface area contributed by atoms with E-state index in [4.69, 9.17) is 9.84 Å². The number of carbonyl (C=O) groups is 1. The average Bonchev–Trinajstić information content (AvgIpc) is 3.12. The number of amides is 1. The van der Waals surface area contributed by atoms with E-state index < -0.39 is 6.10 Å². The fourth-order valence-electron chi connectivity index (χ4n) is 4.11. The van der Waals surface area contributed by atoms with E-state index in [1.54, 1.807) is 23.6 Å². The van der Waals surface area contributed by atoms with Crippen LogP contribution in [0.25, 0.3) is 38.1 Å². The molecule has 1 amide bonds. The molecule has 7 heteroatoms. The maximum Gasteiger partial charge on any atom is 0.263 e. The number of ether oxygens (including phenoxy) is 1. The largest absolute Gasteiger partial charge is 0.481 e. The summed E-state index contributed by atoms with van der Waals surface area (Å²) in [4.78, 5) is 30.0. The van der Waals surface area contributed by atoms with E-state index in [9.17, 15) is 9.59 Å². The van der Waals surface area contributed by atoms with Gasteiger partial charge in [-0.25, -0.2) is 0 Å². The van der Waals surface area contributed by atoms with Crippen LogP contribution in [0.15, 0.2) is 59.5 Å². The second-order valence-corrected chi connectivity index (χ2v) is 7.55. The van der Waals surface area contributed by atoms with Gasteiger partial charge in [-0.15, -0.1) is 0 Å². The van der Waals surface area contributed by atoms with Gasteiger partial charge in [-0.05, 0) is 43.7 Å². The Hall–Kier alpha value is -3.71. The van der Waals surface area contributed by atoms with Gasteiger partial charge in [0.1, 0.15) is 5.75 Å². The molecule has 3 heterocycles. The average molecular weight is 415 g/mol. The monoisotopic (exact) mass is 415 g/mol. The van der Waals surface area contributed by atoms with E-state index >= 15 is 0 Å². The molecule has 0 radical (unpaired) electrons. The molecule has 2 aromatic carbocycles. The maximum absolute atomic E-state index is 13.3. The zero-order valence-electron chi connectivity index (χ0n) is 17.0. The van der Waals surface area contributed by atoms with Crippen molar-refractivity contribution >= 4 is 44.0 Å². The van der Waals surface area contributed by atoms with Crippen LogP contribution in [0.4, 0.5) is 0 Å². The first-order valence-corrected chi connectivity index (χ1v) is 10.2. The number of fused-ring (bicyclic) bond motifs is 5. The number of nitrogens with zero attached hydrogens (tertiary/aromatic N) is 2. The number of nitrogens with one attached hydrogen (secondary N) is 1. The number of hydrogen-bond donors (Lipinski definition) is 2. The van der Waals surface area contributed by atoms with Crippen LogP contribution >= 0.6 is 0 Å². The summed E-state index contributed by atoms with van der Waals surface area (Å²) in [5.74, 6) is 0.296. The number of pyridine rings is 2. The van der Waals surface area contributed by atoms with Crippen molar-refractivity contribution in [3.8, 4) is 5.75 Å². The molecule has 7 nitrogen and oxygen atoms in total. The van der Waals surface area contributed by atoms with Crippen molar-refractivity contribution < 1.29 is 14.6 Å². The number of aromatic nitrogens is 2. The summed E-state index contributed by atoms with van der Waals surface area (Å²) in [6, 6.07) is 14.9. The van der Waals surface area contributed by atoms with Crippen LogP contribution in [0.1, 0.15) is 13.3 Å². The lowest BCUT2D eigenvalue weighted by Gasteiger charge is -2.14. The van der Waals surface area contributed by atoms with Crippen molar-refractivity contribution in [3.63, 3.8) is 0 Å².